The van der Waals surface area contributed by atoms with E-state index < -0.39 is 0 Å². The van der Waals surface area contributed by atoms with E-state index in [0.29, 0.717) is 12.1 Å². The van der Waals surface area contributed by atoms with Crippen molar-refractivity contribution in [3.8, 4) is 0 Å². The van der Waals surface area contributed by atoms with Gasteiger partial charge in [0.05, 0.1) is 17.1 Å². The average Bonchev–Trinajstić information content (AvgIpc) is 2.87. The highest BCUT2D eigenvalue weighted by molar-refractivity contribution is 5.79. The van der Waals surface area contributed by atoms with Crippen LogP contribution in [0.1, 0.15) is 31.0 Å². The Morgan fingerprint density at radius 1 is 1.05 bits per heavy atom. The topological polar surface area (TPSA) is 29.9 Å². The van der Waals surface area contributed by atoms with E-state index in [1.807, 2.05) is 6.07 Å². The lowest BCUT2D eigenvalue weighted by Crippen LogP contribution is -2.25. The van der Waals surface area contributed by atoms with E-state index in [9.17, 15) is 0 Å². The number of nitrogens with zero attached hydrogens (tertiary/aromatic N) is 2. The maximum absolute atomic E-state index is 4.73. The van der Waals surface area contributed by atoms with Gasteiger partial charge in [0.25, 0.3) is 0 Å². The molecule has 4 rings (SSSR count). The van der Waals surface area contributed by atoms with Gasteiger partial charge < -0.3 is 9.88 Å². The van der Waals surface area contributed by atoms with Gasteiger partial charge in [-0.05, 0) is 31.0 Å². The van der Waals surface area contributed by atoms with Crippen molar-refractivity contribution in [2.24, 2.45) is 0 Å². The predicted octanol–water partition coefficient (Wildman–Crippen LogP) is 4.15. The van der Waals surface area contributed by atoms with Gasteiger partial charge in [-0.15, -0.1) is 0 Å². The largest absolute Gasteiger partial charge is 0.349 e. The molecule has 0 amide bonds. The molecule has 0 unspecified atom stereocenters. The summed E-state index contributed by atoms with van der Waals surface area (Å²) in [4.78, 5) is 4.73. The predicted molar refractivity (Wildman–Crippen MR) is 81.9 cm³/mol. The first-order valence-electron chi connectivity index (χ1n) is 7.11. The Hall–Kier alpha value is -2.29. The van der Waals surface area contributed by atoms with Gasteiger partial charge in [0, 0.05) is 6.04 Å². The standard InChI is InChI=1S/C17H17N3/c1-12-11-15(13-7-3-2-4-8-13)19-17-18-14-9-5-6-10-16(14)20(12)17/h2-10,12,15H,11H2,1H3,(H,18,19)/t12-,15-/m1/s1. The summed E-state index contributed by atoms with van der Waals surface area (Å²) >= 11 is 0. The molecule has 2 aromatic carbocycles. The molecular formula is C17H17N3. The molecule has 3 aromatic rings. The van der Waals surface area contributed by atoms with E-state index in [1.54, 1.807) is 0 Å². The van der Waals surface area contributed by atoms with E-state index in [4.69, 9.17) is 4.98 Å². The lowest BCUT2D eigenvalue weighted by atomic mass is 9.98. The summed E-state index contributed by atoms with van der Waals surface area (Å²) in [5.74, 6) is 0.985. The number of hydrogen-bond acceptors (Lipinski definition) is 2. The van der Waals surface area contributed by atoms with Crippen LogP contribution >= 0.6 is 0 Å². The van der Waals surface area contributed by atoms with Crippen molar-refractivity contribution in [1.82, 2.24) is 9.55 Å². The van der Waals surface area contributed by atoms with Gasteiger partial charge in [-0.3, -0.25) is 0 Å². The zero-order valence-electron chi connectivity index (χ0n) is 11.5. The van der Waals surface area contributed by atoms with E-state index in [1.165, 1.54) is 11.1 Å². The Morgan fingerprint density at radius 3 is 2.65 bits per heavy atom. The Bertz CT molecular complexity index is 745. The number of benzene rings is 2. The Kier molecular flexibility index (Phi) is 2.52. The Balaban J connectivity index is 1.80. The number of anilines is 1. The van der Waals surface area contributed by atoms with E-state index in [-0.39, 0.29) is 0 Å². The van der Waals surface area contributed by atoms with Crippen molar-refractivity contribution < 1.29 is 0 Å². The van der Waals surface area contributed by atoms with Crippen molar-refractivity contribution in [3.05, 3.63) is 60.2 Å². The first kappa shape index (κ1) is 11.5. The first-order valence-corrected chi connectivity index (χ1v) is 7.11. The van der Waals surface area contributed by atoms with Crippen LogP contribution in [0.5, 0.6) is 0 Å². The molecule has 0 saturated heterocycles. The Morgan fingerprint density at radius 2 is 1.80 bits per heavy atom. The van der Waals surface area contributed by atoms with Crippen molar-refractivity contribution in [2.45, 2.75) is 25.4 Å². The summed E-state index contributed by atoms with van der Waals surface area (Å²) < 4.78 is 2.31. The minimum absolute atomic E-state index is 0.343. The molecule has 0 saturated carbocycles. The van der Waals surface area contributed by atoms with Crippen LogP contribution in [-0.2, 0) is 0 Å². The molecule has 100 valence electrons. The number of fused-ring (bicyclic) bond motifs is 3. The van der Waals surface area contributed by atoms with Gasteiger partial charge in [0.1, 0.15) is 0 Å². The monoisotopic (exact) mass is 263 g/mol. The van der Waals surface area contributed by atoms with Crippen LogP contribution < -0.4 is 5.32 Å². The van der Waals surface area contributed by atoms with Crippen LogP contribution in [0.4, 0.5) is 5.95 Å². The maximum Gasteiger partial charge on any atom is 0.204 e. The molecule has 0 spiro atoms. The van der Waals surface area contributed by atoms with Gasteiger partial charge in [-0.2, -0.15) is 0 Å². The molecule has 3 nitrogen and oxygen atoms in total. The third-order valence-corrected chi connectivity index (χ3v) is 4.12. The minimum Gasteiger partial charge on any atom is -0.349 e. The third-order valence-electron chi connectivity index (χ3n) is 4.12. The molecule has 2 atom stereocenters. The molecule has 1 aliphatic heterocycles. The van der Waals surface area contributed by atoms with Crippen LogP contribution in [0.2, 0.25) is 0 Å². The van der Waals surface area contributed by atoms with Crippen LogP contribution in [0.15, 0.2) is 54.6 Å². The molecular weight excluding hydrogens is 246 g/mol. The highest BCUT2D eigenvalue weighted by Crippen LogP contribution is 2.37. The highest BCUT2D eigenvalue weighted by atomic mass is 15.3. The summed E-state index contributed by atoms with van der Waals surface area (Å²) in [7, 11) is 0. The summed E-state index contributed by atoms with van der Waals surface area (Å²) in [5.41, 5.74) is 3.61. The van der Waals surface area contributed by atoms with Gasteiger partial charge in [0.2, 0.25) is 5.95 Å². The van der Waals surface area contributed by atoms with Crippen molar-refractivity contribution in [1.29, 1.82) is 0 Å². The van der Waals surface area contributed by atoms with Crippen molar-refractivity contribution in [2.75, 3.05) is 5.32 Å². The molecule has 0 aliphatic carbocycles. The minimum atomic E-state index is 0.343. The molecule has 1 N–H and O–H groups in total. The number of nitrogens with one attached hydrogen (secondary N) is 1. The number of imidazole rings is 1. The van der Waals surface area contributed by atoms with E-state index in [2.05, 4.69) is 65.3 Å². The number of aromatic nitrogens is 2. The van der Waals surface area contributed by atoms with Gasteiger partial charge in [-0.1, -0.05) is 42.5 Å². The zero-order valence-corrected chi connectivity index (χ0v) is 11.5. The lowest BCUT2D eigenvalue weighted by molar-refractivity contribution is 0.451. The molecule has 0 radical (unpaired) electrons. The van der Waals surface area contributed by atoms with Gasteiger partial charge in [-0.25, -0.2) is 4.98 Å². The second-order valence-corrected chi connectivity index (χ2v) is 5.49. The fourth-order valence-electron chi connectivity index (χ4n) is 3.16. The number of para-hydroxylation sites is 2. The zero-order chi connectivity index (χ0) is 13.5. The summed E-state index contributed by atoms with van der Waals surface area (Å²) in [5, 5.41) is 3.58. The smallest absolute Gasteiger partial charge is 0.204 e. The lowest BCUT2D eigenvalue weighted by Gasteiger charge is -2.31. The highest BCUT2D eigenvalue weighted by Gasteiger charge is 2.26. The molecule has 1 aliphatic rings. The second kappa shape index (κ2) is 4.37. The summed E-state index contributed by atoms with van der Waals surface area (Å²) in [6.07, 6.45) is 1.08. The van der Waals surface area contributed by atoms with Gasteiger partial charge in [0.15, 0.2) is 0 Å². The fourth-order valence-corrected chi connectivity index (χ4v) is 3.16. The fraction of sp³-hybridized carbons (Fsp3) is 0.235. The normalized spacial score (nSPS) is 21.4. The van der Waals surface area contributed by atoms with Crippen molar-refractivity contribution in [3.63, 3.8) is 0 Å². The van der Waals surface area contributed by atoms with Crippen LogP contribution in [0.3, 0.4) is 0 Å². The van der Waals surface area contributed by atoms with Crippen LogP contribution in [0.25, 0.3) is 11.0 Å². The maximum atomic E-state index is 4.73. The quantitative estimate of drug-likeness (QED) is 0.714. The summed E-state index contributed by atoms with van der Waals surface area (Å²) in [6, 6.07) is 19.8. The van der Waals surface area contributed by atoms with E-state index >= 15 is 0 Å². The van der Waals surface area contributed by atoms with Crippen LogP contribution in [-0.4, -0.2) is 9.55 Å². The molecule has 1 aromatic heterocycles. The molecule has 0 fully saturated rings. The molecule has 0 bridgehead atoms. The summed E-state index contributed by atoms with van der Waals surface area (Å²) in [6.45, 7) is 2.27. The number of rotatable bonds is 1. The number of hydrogen-bond donors (Lipinski definition) is 1. The first-order chi connectivity index (χ1) is 9.83. The molecule has 3 heteroatoms. The third kappa shape index (κ3) is 1.70. The van der Waals surface area contributed by atoms with Crippen molar-refractivity contribution >= 4 is 17.0 Å². The SMILES string of the molecule is C[C@@H]1C[C@H](c2ccccc2)Nc2nc3ccccc3n21. The van der Waals surface area contributed by atoms with E-state index in [0.717, 1.165) is 17.9 Å². The Labute approximate surface area is 118 Å². The average molecular weight is 263 g/mol. The van der Waals surface area contributed by atoms with Crippen LogP contribution in [0, 0.1) is 0 Å². The van der Waals surface area contributed by atoms with Gasteiger partial charge >= 0.3 is 0 Å². The molecule has 2 heterocycles. The second-order valence-electron chi connectivity index (χ2n) is 5.49. The molecule has 20 heavy (non-hydrogen) atoms.